The summed E-state index contributed by atoms with van der Waals surface area (Å²) in [7, 11) is 0. The Balaban J connectivity index is 5.63. The first-order valence-electron chi connectivity index (χ1n) is 7.29. The van der Waals surface area contributed by atoms with Crippen molar-refractivity contribution in [3.8, 4) is 0 Å². The van der Waals surface area contributed by atoms with E-state index in [0.29, 0.717) is 11.4 Å². The van der Waals surface area contributed by atoms with Crippen molar-refractivity contribution in [3.63, 3.8) is 0 Å². The van der Waals surface area contributed by atoms with E-state index in [-0.39, 0.29) is 17.8 Å². The summed E-state index contributed by atoms with van der Waals surface area (Å²) in [5.41, 5.74) is 0. The Morgan fingerprint density at radius 1 is 1.00 bits per heavy atom. The molecule has 0 heterocycles. The van der Waals surface area contributed by atoms with Crippen LogP contribution < -0.4 is 0 Å². The molecule has 0 spiro atoms. The number of hydrogen-bond acceptors (Lipinski definition) is 7. The van der Waals surface area contributed by atoms with Crippen LogP contribution in [-0.4, -0.2) is 67.8 Å². The zero-order valence-corrected chi connectivity index (χ0v) is 14.7. The molecule has 0 aromatic carbocycles. The van der Waals surface area contributed by atoms with Gasteiger partial charge in [-0.05, 0) is 12.7 Å². The normalized spacial score (nSPS) is 11.3. The molecule has 0 rings (SSSR count). The lowest BCUT2D eigenvalue weighted by Gasteiger charge is -2.30. The second-order valence-corrected chi connectivity index (χ2v) is 5.89. The van der Waals surface area contributed by atoms with E-state index >= 15 is 0 Å². The lowest BCUT2D eigenvalue weighted by molar-refractivity contribution is -0.175. The third-order valence-electron chi connectivity index (χ3n) is 2.95. The first-order valence-corrected chi connectivity index (χ1v) is 8.58. The summed E-state index contributed by atoms with van der Waals surface area (Å²) in [6.45, 7) is 1.64. The molecular formula is C14H20N2O8S. The maximum Gasteiger partial charge on any atom is 0.305 e. The molecular weight excluding hydrogens is 356 g/mol. The number of hydrazine groups is 1. The van der Waals surface area contributed by atoms with Crippen molar-refractivity contribution in [2.45, 2.75) is 44.3 Å². The van der Waals surface area contributed by atoms with Gasteiger partial charge in [0.15, 0.2) is 0 Å². The largest absolute Gasteiger partial charge is 0.481 e. The van der Waals surface area contributed by atoms with Crippen LogP contribution in [-0.2, 0) is 28.8 Å². The molecule has 0 aliphatic heterocycles. The Kier molecular flexibility index (Phi) is 10.1. The van der Waals surface area contributed by atoms with Crippen LogP contribution in [0.1, 0.15) is 39.0 Å². The van der Waals surface area contributed by atoms with Crippen LogP contribution in [0.4, 0.5) is 0 Å². The standard InChI is InChI=1S/C14H20N2O8S/c1-3-4-11(19)16(14(24)9(25-2)7-13(22)23)15(8-17)10(18)5-6-12(20)21/h8-9H,3-7H2,1-2H3,(H,20,21)(H,22,23). The number of carboxylic acid groups (broad SMARTS) is 2. The van der Waals surface area contributed by atoms with Crippen molar-refractivity contribution in [3.05, 3.63) is 0 Å². The van der Waals surface area contributed by atoms with Gasteiger partial charge in [0.05, 0.1) is 18.1 Å². The number of carbonyl (C=O) groups is 6. The van der Waals surface area contributed by atoms with Gasteiger partial charge in [0.2, 0.25) is 18.2 Å². The highest BCUT2D eigenvalue weighted by Crippen LogP contribution is 2.18. The van der Waals surface area contributed by atoms with Crippen LogP contribution in [0.3, 0.4) is 0 Å². The molecule has 0 aliphatic rings. The number of aliphatic carboxylic acids is 2. The van der Waals surface area contributed by atoms with Crippen LogP contribution in [0.25, 0.3) is 0 Å². The molecule has 2 N–H and O–H groups in total. The molecule has 0 saturated heterocycles. The van der Waals surface area contributed by atoms with E-state index in [9.17, 15) is 28.8 Å². The van der Waals surface area contributed by atoms with Crippen molar-refractivity contribution in [1.29, 1.82) is 0 Å². The highest BCUT2D eigenvalue weighted by Gasteiger charge is 2.36. The lowest BCUT2D eigenvalue weighted by atomic mass is 10.2. The van der Waals surface area contributed by atoms with E-state index in [4.69, 9.17) is 10.2 Å². The fraction of sp³-hybridized carbons (Fsp3) is 0.571. The van der Waals surface area contributed by atoms with Gasteiger partial charge in [0, 0.05) is 12.8 Å². The molecule has 0 fully saturated rings. The van der Waals surface area contributed by atoms with Gasteiger partial charge in [-0.25, -0.2) is 0 Å². The number of nitrogens with zero attached hydrogens (tertiary/aromatic N) is 2. The fourth-order valence-electron chi connectivity index (χ4n) is 1.78. The summed E-state index contributed by atoms with van der Waals surface area (Å²) in [5, 5.41) is 16.8. The van der Waals surface area contributed by atoms with Gasteiger partial charge in [0.25, 0.3) is 5.91 Å². The molecule has 0 aliphatic carbocycles. The number of amides is 4. The summed E-state index contributed by atoms with van der Waals surface area (Å²) in [6, 6.07) is 0. The number of rotatable bonds is 10. The van der Waals surface area contributed by atoms with E-state index in [2.05, 4.69) is 0 Å². The fourth-order valence-corrected chi connectivity index (χ4v) is 2.39. The first-order chi connectivity index (χ1) is 11.7. The minimum Gasteiger partial charge on any atom is -0.481 e. The van der Waals surface area contributed by atoms with Crippen LogP contribution >= 0.6 is 11.8 Å². The number of thioether (sulfide) groups is 1. The monoisotopic (exact) mass is 376 g/mol. The zero-order valence-electron chi connectivity index (χ0n) is 13.8. The number of hydrogen-bond donors (Lipinski definition) is 2. The average Bonchev–Trinajstić information content (AvgIpc) is 2.54. The molecule has 0 radical (unpaired) electrons. The Hall–Kier alpha value is -2.43. The minimum absolute atomic E-state index is 0.0617. The number of imide groups is 2. The Morgan fingerprint density at radius 3 is 2.00 bits per heavy atom. The van der Waals surface area contributed by atoms with Crippen molar-refractivity contribution in [2.24, 2.45) is 0 Å². The van der Waals surface area contributed by atoms with E-state index in [1.165, 1.54) is 6.26 Å². The van der Waals surface area contributed by atoms with Crippen LogP contribution in [0.5, 0.6) is 0 Å². The van der Waals surface area contributed by atoms with Gasteiger partial charge in [0.1, 0.15) is 0 Å². The third-order valence-corrected chi connectivity index (χ3v) is 3.89. The van der Waals surface area contributed by atoms with Crippen LogP contribution in [0.15, 0.2) is 0 Å². The Morgan fingerprint density at radius 2 is 1.60 bits per heavy atom. The molecule has 0 aromatic rings. The SMILES string of the molecule is CCCC(=O)N(C(=O)C(CC(=O)O)SC)N(C=O)C(=O)CCC(=O)O. The number of carbonyl (C=O) groups excluding carboxylic acids is 4. The van der Waals surface area contributed by atoms with E-state index < -0.39 is 54.2 Å². The Bertz CT molecular complexity index is 551. The summed E-state index contributed by atoms with van der Waals surface area (Å²) < 4.78 is 0. The van der Waals surface area contributed by atoms with Gasteiger partial charge in [-0.1, -0.05) is 6.92 Å². The van der Waals surface area contributed by atoms with Crippen molar-refractivity contribution >= 4 is 47.8 Å². The van der Waals surface area contributed by atoms with Crippen molar-refractivity contribution < 1.29 is 39.0 Å². The maximum atomic E-state index is 12.5. The maximum absolute atomic E-state index is 12.5. The van der Waals surface area contributed by atoms with Crippen molar-refractivity contribution in [2.75, 3.05) is 6.26 Å². The Labute approximate surface area is 148 Å². The zero-order chi connectivity index (χ0) is 19.6. The molecule has 0 saturated carbocycles. The molecule has 0 aromatic heterocycles. The van der Waals surface area contributed by atoms with E-state index in [0.717, 1.165) is 11.8 Å². The van der Waals surface area contributed by atoms with Crippen molar-refractivity contribution in [1.82, 2.24) is 10.0 Å². The lowest BCUT2D eigenvalue weighted by Crippen LogP contribution is -2.55. The second-order valence-electron chi connectivity index (χ2n) is 4.85. The summed E-state index contributed by atoms with van der Waals surface area (Å²) in [4.78, 5) is 69.4. The minimum atomic E-state index is -1.29. The molecule has 140 valence electrons. The van der Waals surface area contributed by atoms with Gasteiger partial charge in [-0.3, -0.25) is 28.8 Å². The van der Waals surface area contributed by atoms with E-state index in [1.807, 2.05) is 0 Å². The summed E-state index contributed by atoms with van der Waals surface area (Å²) in [5.74, 6) is -5.50. The highest BCUT2D eigenvalue weighted by atomic mass is 32.2. The summed E-state index contributed by atoms with van der Waals surface area (Å²) in [6.07, 6.45) is -0.239. The predicted molar refractivity (Wildman–Crippen MR) is 86.1 cm³/mol. The van der Waals surface area contributed by atoms with Gasteiger partial charge in [-0.2, -0.15) is 21.8 Å². The molecule has 11 heteroatoms. The second kappa shape index (κ2) is 11.2. The topological polar surface area (TPSA) is 149 Å². The van der Waals surface area contributed by atoms with Gasteiger partial charge >= 0.3 is 11.9 Å². The van der Waals surface area contributed by atoms with Gasteiger partial charge in [-0.15, -0.1) is 0 Å². The number of carboxylic acids is 2. The molecule has 1 atom stereocenters. The molecule has 10 nitrogen and oxygen atoms in total. The smallest absolute Gasteiger partial charge is 0.305 e. The first kappa shape index (κ1) is 22.6. The summed E-state index contributed by atoms with van der Waals surface area (Å²) >= 11 is 0.856. The predicted octanol–water partition coefficient (Wildman–Crippen LogP) is 0.113. The third kappa shape index (κ3) is 7.33. The highest BCUT2D eigenvalue weighted by molar-refractivity contribution is 7.99. The van der Waals surface area contributed by atoms with Gasteiger partial charge < -0.3 is 10.2 Å². The molecule has 1 unspecified atom stereocenters. The average molecular weight is 376 g/mol. The van der Waals surface area contributed by atoms with E-state index in [1.54, 1.807) is 6.92 Å². The molecule has 25 heavy (non-hydrogen) atoms. The quantitative estimate of drug-likeness (QED) is 0.400. The molecule has 0 bridgehead atoms. The van der Waals surface area contributed by atoms with Crippen LogP contribution in [0, 0.1) is 0 Å². The molecule has 4 amide bonds. The van der Waals surface area contributed by atoms with Crippen LogP contribution in [0.2, 0.25) is 0 Å².